The van der Waals surface area contributed by atoms with Crippen LogP contribution in [0.2, 0.25) is 0 Å². The summed E-state index contributed by atoms with van der Waals surface area (Å²) in [6.45, 7) is 2.76. The number of hydrogen-bond acceptors (Lipinski definition) is 3. The number of nitrogens with one attached hydrogen (secondary N) is 1. The van der Waals surface area contributed by atoms with Gasteiger partial charge in [0.1, 0.15) is 0 Å². The molecule has 1 aromatic carbocycles. The fourth-order valence-electron chi connectivity index (χ4n) is 2.08. The monoisotopic (exact) mass is 270 g/mol. The maximum absolute atomic E-state index is 12.0. The molecule has 3 N–H and O–H groups in total. The standard InChI is InChI=1S/C13H18N2O2.ClH/c1-9(12-7-4-8-17-12)15-13(16)10-5-2-3-6-11(10)14;/h2-3,5-6,9,12H,4,7-8,14H2,1H3,(H,15,16);1H. The van der Waals surface area contributed by atoms with Crippen molar-refractivity contribution in [2.75, 3.05) is 12.3 Å². The summed E-state index contributed by atoms with van der Waals surface area (Å²) in [6.07, 6.45) is 2.20. The number of benzene rings is 1. The SMILES string of the molecule is CC(NC(=O)c1ccccc1N)C1CCCO1.Cl. The molecule has 1 heterocycles. The maximum Gasteiger partial charge on any atom is 0.253 e. The molecule has 1 aromatic rings. The van der Waals surface area contributed by atoms with Gasteiger partial charge in [-0.1, -0.05) is 12.1 Å². The van der Waals surface area contributed by atoms with E-state index in [1.54, 1.807) is 12.1 Å². The Hall–Kier alpha value is -1.26. The Morgan fingerprint density at radius 2 is 2.22 bits per heavy atom. The van der Waals surface area contributed by atoms with Crippen LogP contribution in [0.1, 0.15) is 30.1 Å². The van der Waals surface area contributed by atoms with Crippen LogP contribution in [0.15, 0.2) is 24.3 Å². The number of rotatable bonds is 3. The van der Waals surface area contributed by atoms with Crippen molar-refractivity contribution < 1.29 is 9.53 Å². The third-order valence-electron chi connectivity index (χ3n) is 3.09. The van der Waals surface area contributed by atoms with Gasteiger partial charge in [0.05, 0.1) is 17.7 Å². The number of halogens is 1. The first kappa shape index (κ1) is 14.8. The maximum atomic E-state index is 12.0. The summed E-state index contributed by atoms with van der Waals surface area (Å²) in [5.74, 6) is -0.133. The molecule has 1 aliphatic rings. The lowest BCUT2D eigenvalue weighted by Gasteiger charge is -2.20. The summed E-state index contributed by atoms with van der Waals surface area (Å²) in [4.78, 5) is 12.0. The molecule has 0 saturated carbocycles. The van der Waals surface area contributed by atoms with Gasteiger partial charge in [0.15, 0.2) is 0 Å². The first-order chi connectivity index (χ1) is 8.18. The minimum absolute atomic E-state index is 0. The Labute approximate surface area is 113 Å². The largest absolute Gasteiger partial charge is 0.398 e. The van der Waals surface area contributed by atoms with Crippen molar-refractivity contribution in [1.29, 1.82) is 0 Å². The Balaban J connectivity index is 0.00000162. The number of carbonyl (C=O) groups is 1. The van der Waals surface area contributed by atoms with Crippen LogP contribution in [0.25, 0.3) is 0 Å². The number of para-hydroxylation sites is 1. The zero-order valence-corrected chi connectivity index (χ0v) is 11.2. The molecule has 0 radical (unpaired) electrons. The highest BCUT2D eigenvalue weighted by atomic mass is 35.5. The number of hydrogen-bond donors (Lipinski definition) is 2. The molecule has 1 saturated heterocycles. The second-order valence-electron chi connectivity index (χ2n) is 4.40. The summed E-state index contributed by atoms with van der Waals surface area (Å²) in [5, 5.41) is 2.94. The van der Waals surface area contributed by atoms with Gasteiger partial charge in [-0.05, 0) is 31.9 Å². The lowest BCUT2D eigenvalue weighted by Crippen LogP contribution is -2.41. The highest BCUT2D eigenvalue weighted by Gasteiger charge is 2.24. The summed E-state index contributed by atoms with van der Waals surface area (Å²) in [6, 6.07) is 7.10. The van der Waals surface area contributed by atoms with Crippen LogP contribution >= 0.6 is 12.4 Å². The van der Waals surface area contributed by atoms with Crippen molar-refractivity contribution in [3.63, 3.8) is 0 Å². The summed E-state index contributed by atoms with van der Waals surface area (Å²) in [5.41, 5.74) is 6.79. The lowest BCUT2D eigenvalue weighted by atomic mass is 10.1. The average molecular weight is 271 g/mol. The Kier molecular flexibility index (Phi) is 5.44. The first-order valence-corrected chi connectivity index (χ1v) is 5.95. The van der Waals surface area contributed by atoms with Crippen LogP contribution in [-0.2, 0) is 4.74 Å². The molecule has 2 unspecified atom stereocenters. The Morgan fingerprint density at radius 3 is 2.83 bits per heavy atom. The third-order valence-corrected chi connectivity index (χ3v) is 3.09. The van der Waals surface area contributed by atoms with Gasteiger partial charge in [-0.25, -0.2) is 0 Å². The number of amides is 1. The molecule has 5 heteroatoms. The topological polar surface area (TPSA) is 64.4 Å². The molecular weight excluding hydrogens is 252 g/mol. The fourth-order valence-corrected chi connectivity index (χ4v) is 2.08. The zero-order valence-electron chi connectivity index (χ0n) is 10.4. The van der Waals surface area contributed by atoms with Gasteiger partial charge in [-0.2, -0.15) is 0 Å². The van der Waals surface area contributed by atoms with Crippen molar-refractivity contribution in [1.82, 2.24) is 5.32 Å². The first-order valence-electron chi connectivity index (χ1n) is 5.95. The minimum atomic E-state index is -0.133. The summed E-state index contributed by atoms with van der Waals surface area (Å²) in [7, 11) is 0. The van der Waals surface area contributed by atoms with Crippen molar-refractivity contribution in [3.8, 4) is 0 Å². The van der Waals surface area contributed by atoms with Crippen molar-refractivity contribution in [2.24, 2.45) is 0 Å². The van der Waals surface area contributed by atoms with E-state index >= 15 is 0 Å². The van der Waals surface area contributed by atoms with E-state index in [2.05, 4.69) is 5.32 Å². The van der Waals surface area contributed by atoms with Crippen LogP contribution in [-0.4, -0.2) is 24.7 Å². The highest BCUT2D eigenvalue weighted by Crippen LogP contribution is 2.16. The predicted molar refractivity (Wildman–Crippen MR) is 74.0 cm³/mol. The normalized spacial score (nSPS) is 19.9. The molecule has 1 amide bonds. The van der Waals surface area contributed by atoms with Gasteiger partial charge < -0.3 is 15.8 Å². The molecule has 4 nitrogen and oxygen atoms in total. The molecular formula is C13H19ClN2O2. The molecule has 18 heavy (non-hydrogen) atoms. The van der Waals surface area contributed by atoms with E-state index in [4.69, 9.17) is 10.5 Å². The third kappa shape index (κ3) is 3.37. The zero-order chi connectivity index (χ0) is 12.3. The van der Waals surface area contributed by atoms with Crippen molar-refractivity contribution in [2.45, 2.75) is 31.9 Å². The van der Waals surface area contributed by atoms with Crippen LogP contribution in [0.5, 0.6) is 0 Å². The van der Waals surface area contributed by atoms with Gasteiger partial charge in [0.2, 0.25) is 0 Å². The molecule has 100 valence electrons. The average Bonchev–Trinajstić information content (AvgIpc) is 2.82. The van der Waals surface area contributed by atoms with E-state index < -0.39 is 0 Å². The minimum Gasteiger partial charge on any atom is -0.398 e. The quantitative estimate of drug-likeness (QED) is 0.826. The van der Waals surface area contributed by atoms with Gasteiger partial charge >= 0.3 is 0 Å². The number of ether oxygens (including phenoxy) is 1. The number of nitrogen functional groups attached to an aromatic ring is 1. The lowest BCUT2D eigenvalue weighted by molar-refractivity contribution is 0.0713. The predicted octanol–water partition coefficient (Wildman–Crippen LogP) is 1.99. The number of nitrogens with two attached hydrogens (primary N) is 1. The van der Waals surface area contributed by atoms with Crippen LogP contribution in [0.4, 0.5) is 5.69 Å². The second-order valence-corrected chi connectivity index (χ2v) is 4.40. The molecule has 2 rings (SSSR count). The van der Waals surface area contributed by atoms with E-state index in [9.17, 15) is 4.79 Å². The molecule has 0 spiro atoms. The van der Waals surface area contributed by atoms with Crippen LogP contribution < -0.4 is 11.1 Å². The van der Waals surface area contributed by atoms with Gasteiger partial charge in [-0.15, -0.1) is 12.4 Å². The van der Waals surface area contributed by atoms with E-state index in [1.807, 2.05) is 19.1 Å². The van der Waals surface area contributed by atoms with E-state index in [0.29, 0.717) is 11.3 Å². The van der Waals surface area contributed by atoms with Gasteiger partial charge in [0, 0.05) is 12.3 Å². The van der Waals surface area contributed by atoms with E-state index in [-0.39, 0.29) is 30.5 Å². The van der Waals surface area contributed by atoms with Crippen molar-refractivity contribution in [3.05, 3.63) is 29.8 Å². The molecule has 0 bridgehead atoms. The van der Waals surface area contributed by atoms with E-state index in [0.717, 1.165) is 19.4 Å². The molecule has 2 atom stereocenters. The summed E-state index contributed by atoms with van der Waals surface area (Å²) < 4.78 is 5.54. The molecule has 0 aromatic heterocycles. The smallest absolute Gasteiger partial charge is 0.253 e. The Morgan fingerprint density at radius 1 is 1.50 bits per heavy atom. The van der Waals surface area contributed by atoms with E-state index in [1.165, 1.54) is 0 Å². The second kappa shape index (κ2) is 6.61. The Bertz CT molecular complexity index is 406. The highest BCUT2D eigenvalue weighted by molar-refractivity contribution is 5.99. The fraction of sp³-hybridized carbons (Fsp3) is 0.462. The summed E-state index contributed by atoms with van der Waals surface area (Å²) >= 11 is 0. The molecule has 1 fully saturated rings. The molecule has 1 aliphatic heterocycles. The van der Waals surface area contributed by atoms with Crippen LogP contribution in [0, 0.1) is 0 Å². The van der Waals surface area contributed by atoms with Crippen LogP contribution in [0.3, 0.4) is 0 Å². The van der Waals surface area contributed by atoms with Gasteiger partial charge in [0.25, 0.3) is 5.91 Å². The van der Waals surface area contributed by atoms with Gasteiger partial charge in [-0.3, -0.25) is 4.79 Å². The number of carbonyl (C=O) groups excluding carboxylic acids is 1. The molecule has 0 aliphatic carbocycles. The van der Waals surface area contributed by atoms with Crippen molar-refractivity contribution >= 4 is 24.0 Å². The number of anilines is 1.